The van der Waals surface area contributed by atoms with Crippen LogP contribution in [0, 0.1) is 28.6 Å². The molecule has 1 aliphatic heterocycles. The van der Waals surface area contributed by atoms with E-state index in [2.05, 4.69) is 0 Å². The molecule has 0 radical (unpaired) electrons. The number of amides is 5. The van der Waals surface area contributed by atoms with E-state index >= 15 is 0 Å². The van der Waals surface area contributed by atoms with Crippen molar-refractivity contribution in [3.63, 3.8) is 0 Å². The van der Waals surface area contributed by atoms with Crippen LogP contribution in [0.5, 0.6) is 0 Å². The molecule has 3 aliphatic rings. The van der Waals surface area contributed by atoms with Crippen molar-refractivity contribution >= 4 is 29.5 Å². The number of nitrogens with two attached hydrogens (primary N) is 1. The van der Waals surface area contributed by atoms with Gasteiger partial charge in [0.05, 0.1) is 7.39 Å². The maximum absolute atomic E-state index is 14.7. The third-order valence-electron chi connectivity index (χ3n) is 7.33. The number of piperidine rings is 1. The fraction of sp³-hybridized carbons (Fsp3) is 0.821. The average Bonchev–Trinajstić information content (AvgIpc) is 3.28. The topological polar surface area (TPSA) is 151 Å². The molecule has 5 atom stereocenters. The summed E-state index contributed by atoms with van der Waals surface area (Å²) in [6.07, 6.45) is -4.08. The minimum atomic E-state index is -4.12. The molecule has 10 nitrogen and oxygen atoms in total. The van der Waals surface area contributed by atoms with Gasteiger partial charge in [-0.15, -0.1) is 0 Å². The number of carbonyl (C=O) groups is 5. The molecule has 3 rings (SSSR count). The van der Waals surface area contributed by atoms with E-state index in [1.807, 2.05) is 5.32 Å². The van der Waals surface area contributed by atoms with Gasteiger partial charge in [0.15, 0.2) is 0 Å². The molecule has 10 heteroatoms. The zero-order chi connectivity index (χ0) is 46.5. The minimum absolute atomic E-state index is 0.140. The Morgan fingerprint density at radius 3 is 2.29 bits per heavy atom. The Hall–Kier alpha value is -2.65. The molecule has 2 aliphatic carbocycles. The Morgan fingerprint density at radius 2 is 1.76 bits per heavy atom. The van der Waals surface area contributed by atoms with Gasteiger partial charge in [0.25, 0.3) is 5.91 Å². The monoisotopic (exact) mass is 554 g/mol. The van der Waals surface area contributed by atoms with Crippen molar-refractivity contribution in [3.05, 3.63) is 0 Å². The van der Waals surface area contributed by atoms with E-state index < -0.39 is 142 Å². The van der Waals surface area contributed by atoms with Crippen LogP contribution in [0.2, 0.25) is 0 Å². The summed E-state index contributed by atoms with van der Waals surface area (Å²) < 4.78 is 169. The third-order valence-corrected chi connectivity index (χ3v) is 7.33. The zero-order valence-electron chi connectivity index (χ0n) is 42.0. The van der Waals surface area contributed by atoms with Crippen molar-refractivity contribution in [2.45, 2.75) is 111 Å². The van der Waals surface area contributed by atoms with E-state index in [4.69, 9.17) is 34.5 Å². The SMILES string of the molecule is [2H]C([2H])([2H])C(C[C@H](NC(=O)NC(C([2H])([2H])[2H])(C([2H])([2H])[2H])C([2H])([2H])[2H])C(=O)N1C[C@H]2[C@@H]([C@H]1C(=O)NC([2H])(C(=O)C(N)=O)C([2H])([2H])C1CCC1)C2(C)C)(C([2H])([2H])[2H])C([2H])([2H])[2H]. The fourth-order valence-corrected chi connectivity index (χ4v) is 5.12. The van der Waals surface area contributed by atoms with E-state index in [1.165, 1.54) is 5.32 Å². The summed E-state index contributed by atoms with van der Waals surface area (Å²) in [4.78, 5) is 68.5. The van der Waals surface area contributed by atoms with Gasteiger partial charge < -0.3 is 26.6 Å². The number of Topliss-reactive ketones (excluding diaryl/α,β-unsaturated/α-hetero) is 1. The van der Waals surface area contributed by atoms with Gasteiger partial charge in [-0.2, -0.15) is 0 Å². The molecule has 1 saturated heterocycles. The van der Waals surface area contributed by atoms with E-state index in [1.54, 1.807) is 19.2 Å². The molecule has 3 fully saturated rings. The number of primary amides is 1. The van der Waals surface area contributed by atoms with Crippen LogP contribution < -0.4 is 21.7 Å². The molecule has 38 heavy (non-hydrogen) atoms. The number of hydrogen-bond donors (Lipinski definition) is 4. The molecule has 1 unspecified atom stereocenters. The molecule has 0 aromatic carbocycles. The highest BCUT2D eigenvalue weighted by Crippen LogP contribution is 2.65. The lowest BCUT2D eigenvalue weighted by Gasteiger charge is -2.36. The lowest BCUT2D eigenvalue weighted by Crippen LogP contribution is -2.60. The maximum atomic E-state index is 14.7. The first kappa shape index (κ1) is 12.3. The van der Waals surface area contributed by atoms with Crippen LogP contribution in [0.4, 0.5) is 4.79 Å². The van der Waals surface area contributed by atoms with E-state index in [0.29, 0.717) is 11.3 Å². The number of urea groups is 1. The van der Waals surface area contributed by atoms with Gasteiger partial charge in [-0.25, -0.2) is 4.79 Å². The van der Waals surface area contributed by atoms with Crippen LogP contribution >= 0.6 is 0 Å². The van der Waals surface area contributed by atoms with Crippen molar-refractivity contribution < 1.29 is 52.8 Å². The number of nitrogens with zero attached hydrogens (tertiary/aromatic N) is 1. The van der Waals surface area contributed by atoms with Crippen molar-refractivity contribution in [2.24, 2.45) is 34.3 Å². The first-order valence-corrected chi connectivity index (χ1v) is 12.0. The second kappa shape index (κ2) is 10.5. The standard InChI is InChI=1S/C28H47N5O5/c1-26(2,3)13-18(31-25(38)32-27(4,5)6)24(37)33-14-16-19(28(16,7)8)20(33)23(36)30-17(21(34)22(29)35)12-15-10-9-11-15/h15-20H,9-14H2,1-8H3,(H2,29,35)(H,30,36)(H2,31,32,38)/t16-,17?,18-,19-,20-/m0/s1/i1D3,2D3,3D3,4D3,5D3,6D3,12D2,17D. The molecule has 5 N–H and O–H groups in total. The molecule has 0 spiro atoms. The van der Waals surface area contributed by atoms with Crippen molar-refractivity contribution in [1.29, 1.82) is 0 Å². The summed E-state index contributed by atoms with van der Waals surface area (Å²) in [5.74, 6) is -9.41. The van der Waals surface area contributed by atoms with Crippen LogP contribution in [0.25, 0.3) is 0 Å². The van der Waals surface area contributed by atoms with Crippen molar-refractivity contribution in [3.8, 4) is 0 Å². The highest BCUT2D eigenvalue weighted by Gasteiger charge is 2.69. The van der Waals surface area contributed by atoms with Gasteiger partial charge in [-0.3, -0.25) is 19.2 Å². The summed E-state index contributed by atoms with van der Waals surface area (Å²) in [6.45, 7) is -21.7. The number of nitrogens with one attached hydrogen (secondary N) is 3. The highest BCUT2D eigenvalue weighted by atomic mass is 16.2. The zero-order valence-corrected chi connectivity index (χ0v) is 21.0. The Kier molecular flexibility index (Phi) is 3.38. The highest BCUT2D eigenvalue weighted by molar-refractivity contribution is 6.37. The number of carbonyl (C=O) groups excluding carboxylic acids is 5. The van der Waals surface area contributed by atoms with Crippen LogP contribution in [0.1, 0.15) is 116 Å². The van der Waals surface area contributed by atoms with E-state index in [-0.39, 0.29) is 12.8 Å². The maximum Gasteiger partial charge on any atom is 0.315 e. The molecule has 5 amide bonds. The molecule has 0 aromatic heterocycles. The largest absolute Gasteiger partial charge is 0.363 e. The number of rotatable bonds is 9. The second-order valence-corrected chi connectivity index (χ2v) is 10.7. The minimum Gasteiger partial charge on any atom is -0.363 e. The Bertz CT molecular complexity index is 1620. The summed E-state index contributed by atoms with van der Waals surface area (Å²) in [6, 6.07) is -10.2. The predicted octanol–water partition coefficient (Wildman–Crippen LogP) is 2.10. The summed E-state index contributed by atoms with van der Waals surface area (Å²) >= 11 is 0. The number of likely N-dealkylation sites (tertiary alicyclic amines) is 1. The van der Waals surface area contributed by atoms with E-state index in [9.17, 15) is 24.0 Å². The third kappa shape index (κ3) is 6.86. The second-order valence-electron chi connectivity index (χ2n) is 10.7. The Morgan fingerprint density at radius 1 is 1.11 bits per heavy atom. The number of ketones is 1. The van der Waals surface area contributed by atoms with Gasteiger partial charge in [0.2, 0.25) is 17.6 Å². The molecular weight excluding hydrogens is 486 g/mol. The fourth-order valence-electron chi connectivity index (χ4n) is 5.12. The molecule has 0 bridgehead atoms. The van der Waals surface area contributed by atoms with Crippen molar-refractivity contribution in [1.82, 2.24) is 20.9 Å². The van der Waals surface area contributed by atoms with Gasteiger partial charge >= 0.3 is 6.03 Å². The predicted molar refractivity (Wildman–Crippen MR) is 144 cm³/mol. The van der Waals surface area contributed by atoms with Crippen LogP contribution in [-0.2, 0) is 19.2 Å². The summed E-state index contributed by atoms with van der Waals surface area (Å²) in [5, 5.41) is 4.94. The Balaban J connectivity index is 2.27. The molecule has 214 valence electrons. The number of fused-ring (bicyclic) bond motifs is 1. The first-order chi connectivity index (χ1) is 25.9. The van der Waals surface area contributed by atoms with Gasteiger partial charge in [0, 0.05) is 39.5 Å². The van der Waals surface area contributed by atoms with Crippen LogP contribution in [0.3, 0.4) is 0 Å². The van der Waals surface area contributed by atoms with Crippen molar-refractivity contribution in [2.75, 3.05) is 6.54 Å². The Labute approximate surface area is 256 Å². The number of hydrogen-bond acceptors (Lipinski definition) is 5. The molecule has 2 saturated carbocycles. The van der Waals surface area contributed by atoms with Gasteiger partial charge in [0.1, 0.15) is 12.1 Å². The quantitative estimate of drug-likeness (QED) is 0.322. The molecular formula is C28H47N5O5. The van der Waals surface area contributed by atoms with Crippen LogP contribution in [0.15, 0.2) is 0 Å². The normalized spacial score (nSPS) is 37.3. The van der Waals surface area contributed by atoms with Gasteiger partial charge in [-0.1, -0.05) is 53.7 Å². The van der Waals surface area contributed by atoms with Gasteiger partial charge in [-0.05, 0) is 61.9 Å². The molecule has 0 aromatic rings. The lowest BCUT2D eigenvalue weighted by molar-refractivity contribution is -0.144. The summed E-state index contributed by atoms with van der Waals surface area (Å²) in [7, 11) is 0. The smallest absolute Gasteiger partial charge is 0.315 e. The average molecular weight is 555 g/mol. The molecule has 1 heterocycles. The summed E-state index contributed by atoms with van der Waals surface area (Å²) in [5.41, 5.74) is -3.74. The lowest BCUT2D eigenvalue weighted by atomic mass is 9.80. The van der Waals surface area contributed by atoms with Crippen LogP contribution in [-0.4, -0.2) is 64.6 Å². The first-order valence-electron chi connectivity index (χ1n) is 22.5. The van der Waals surface area contributed by atoms with E-state index in [0.717, 1.165) is 0 Å².